The molecule has 6 heteroatoms. The number of benzene rings is 1. The average molecular weight is 430 g/mol. The maximum atomic E-state index is 12.6. The van der Waals surface area contributed by atoms with Crippen LogP contribution in [0.4, 0.5) is 0 Å². The van der Waals surface area contributed by atoms with Gasteiger partial charge >= 0.3 is 5.97 Å². The Balaban J connectivity index is 1.31. The van der Waals surface area contributed by atoms with Gasteiger partial charge in [0.25, 0.3) is 5.91 Å². The Morgan fingerprint density at radius 1 is 1.13 bits per heavy atom. The fraction of sp³-hybridized carbons (Fsp3) is 0.680. The van der Waals surface area contributed by atoms with Crippen LogP contribution in [0.25, 0.3) is 0 Å². The van der Waals surface area contributed by atoms with Crippen LogP contribution in [0.5, 0.6) is 5.75 Å². The summed E-state index contributed by atoms with van der Waals surface area (Å²) in [5.41, 5.74) is 1.40. The molecule has 6 nitrogen and oxygen atoms in total. The number of methoxy groups -OCH3 is 1. The Bertz CT molecular complexity index is 785. The number of carbonyl (C=O) groups is 2. The summed E-state index contributed by atoms with van der Waals surface area (Å²) in [6.45, 7) is 4.70. The summed E-state index contributed by atoms with van der Waals surface area (Å²) < 4.78 is 16.1. The maximum Gasteiger partial charge on any atom is 0.338 e. The lowest BCUT2D eigenvalue weighted by Crippen LogP contribution is -2.56. The molecular formula is C25H35NO5. The summed E-state index contributed by atoms with van der Waals surface area (Å²) in [4.78, 5) is 25.1. The van der Waals surface area contributed by atoms with Gasteiger partial charge in [-0.15, -0.1) is 0 Å². The molecule has 4 fully saturated rings. The van der Waals surface area contributed by atoms with E-state index in [-0.39, 0.29) is 24.0 Å². The first kappa shape index (κ1) is 22.1. The SMILES string of the molecule is CCOCc1cc(C(=O)OCC(=O)N[C@H](C)C23CC4CC(CC(C4)C2)C3)ccc1OC. The zero-order valence-electron chi connectivity index (χ0n) is 18.9. The van der Waals surface area contributed by atoms with Gasteiger partial charge in [0.2, 0.25) is 0 Å². The summed E-state index contributed by atoms with van der Waals surface area (Å²) in [6, 6.07) is 5.19. The highest BCUT2D eigenvalue weighted by Crippen LogP contribution is 2.61. The van der Waals surface area contributed by atoms with Gasteiger partial charge in [0.1, 0.15) is 5.75 Å². The van der Waals surface area contributed by atoms with E-state index < -0.39 is 5.97 Å². The lowest BCUT2D eigenvalue weighted by Gasteiger charge is -2.59. The van der Waals surface area contributed by atoms with E-state index in [4.69, 9.17) is 14.2 Å². The molecule has 1 N–H and O–H groups in total. The van der Waals surface area contributed by atoms with E-state index in [0.29, 0.717) is 24.5 Å². The highest BCUT2D eigenvalue weighted by Gasteiger charge is 2.53. The molecule has 4 aliphatic carbocycles. The molecule has 1 atom stereocenters. The van der Waals surface area contributed by atoms with E-state index in [2.05, 4.69) is 12.2 Å². The van der Waals surface area contributed by atoms with Gasteiger partial charge in [-0.05, 0) is 93.7 Å². The summed E-state index contributed by atoms with van der Waals surface area (Å²) in [6.07, 6.45) is 7.83. The molecular weight excluding hydrogens is 394 g/mol. The van der Waals surface area contributed by atoms with Crippen LogP contribution in [0.3, 0.4) is 0 Å². The minimum absolute atomic E-state index is 0.117. The van der Waals surface area contributed by atoms with Crippen molar-refractivity contribution in [3.8, 4) is 5.75 Å². The molecule has 0 radical (unpaired) electrons. The molecule has 0 aliphatic heterocycles. The quantitative estimate of drug-likeness (QED) is 0.598. The van der Waals surface area contributed by atoms with Crippen molar-refractivity contribution in [3.05, 3.63) is 29.3 Å². The third-order valence-electron chi connectivity index (χ3n) is 7.69. The van der Waals surface area contributed by atoms with Crippen LogP contribution in [0.1, 0.15) is 68.3 Å². The molecule has 1 aromatic rings. The zero-order chi connectivity index (χ0) is 22.0. The standard InChI is InChI=1S/C25H35NO5/c1-4-30-14-21-10-20(5-6-22(21)29-3)24(28)31-15-23(27)26-16(2)25-11-17-7-18(12-25)9-19(8-17)13-25/h5-6,10,16-19H,4,7-9,11-15H2,1-3H3,(H,26,27)/t16-,17?,18?,19?,25?/m1/s1. The predicted molar refractivity (Wildman–Crippen MR) is 117 cm³/mol. The van der Waals surface area contributed by atoms with Gasteiger partial charge in [-0.3, -0.25) is 4.79 Å². The monoisotopic (exact) mass is 429 g/mol. The fourth-order valence-electron chi connectivity index (χ4n) is 6.59. The minimum Gasteiger partial charge on any atom is -0.496 e. The van der Waals surface area contributed by atoms with E-state index in [1.165, 1.54) is 38.5 Å². The molecule has 1 amide bonds. The van der Waals surface area contributed by atoms with Crippen LogP contribution < -0.4 is 10.1 Å². The van der Waals surface area contributed by atoms with Crippen LogP contribution in [-0.2, 0) is 20.9 Å². The average Bonchev–Trinajstić information content (AvgIpc) is 2.74. The smallest absolute Gasteiger partial charge is 0.338 e. The fourth-order valence-corrected chi connectivity index (χ4v) is 6.59. The topological polar surface area (TPSA) is 73.9 Å². The van der Waals surface area contributed by atoms with Crippen molar-refractivity contribution in [2.24, 2.45) is 23.2 Å². The number of esters is 1. The second kappa shape index (κ2) is 9.19. The summed E-state index contributed by atoms with van der Waals surface area (Å²) in [5, 5.41) is 3.15. The first-order valence-corrected chi connectivity index (χ1v) is 11.6. The van der Waals surface area contributed by atoms with E-state index >= 15 is 0 Å². The third-order valence-corrected chi connectivity index (χ3v) is 7.69. The van der Waals surface area contributed by atoms with Crippen molar-refractivity contribution in [1.29, 1.82) is 0 Å². The van der Waals surface area contributed by atoms with Gasteiger partial charge in [0, 0.05) is 18.2 Å². The molecule has 1 aromatic carbocycles. The molecule has 4 bridgehead atoms. The second-order valence-electron chi connectivity index (χ2n) is 9.81. The van der Waals surface area contributed by atoms with Crippen LogP contribution >= 0.6 is 0 Å². The van der Waals surface area contributed by atoms with Gasteiger partial charge in [-0.1, -0.05) is 0 Å². The number of hydrogen-bond acceptors (Lipinski definition) is 5. The van der Waals surface area contributed by atoms with E-state index in [9.17, 15) is 9.59 Å². The Morgan fingerprint density at radius 2 is 1.77 bits per heavy atom. The van der Waals surface area contributed by atoms with E-state index in [0.717, 1.165) is 23.3 Å². The Labute approximate surface area is 185 Å². The summed E-state index contributed by atoms with van der Waals surface area (Å²) in [5.74, 6) is 2.43. The Kier molecular flexibility index (Phi) is 6.56. The lowest BCUT2D eigenvalue weighted by atomic mass is 9.48. The van der Waals surface area contributed by atoms with Gasteiger partial charge < -0.3 is 19.5 Å². The molecule has 0 aromatic heterocycles. The molecule has 170 valence electrons. The van der Waals surface area contributed by atoms with Crippen molar-refractivity contribution >= 4 is 11.9 Å². The number of rotatable bonds is 9. The minimum atomic E-state index is -0.516. The van der Waals surface area contributed by atoms with Crippen LogP contribution in [-0.4, -0.2) is 38.2 Å². The van der Waals surface area contributed by atoms with Crippen molar-refractivity contribution in [2.75, 3.05) is 20.3 Å². The van der Waals surface area contributed by atoms with E-state index in [1.54, 1.807) is 25.3 Å². The Morgan fingerprint density at radius 3 is 2.35 bits per heavy atom. The van der Waals surface area contributed by atoms with Crippen LogP contribution in [0.15, 0.2) is 18.2 Å². The van der Waals surface area contributed by atoms with Gasteiger partial charge in [0.15, 0.2) is 6.61 Å². The number of carbonyl (C=O) groups excluding carboxylic acids is 2. The lowest BCUT2D eigenvalue weighted by molar-refractivity contribution is -0.128. The Hall–Kier alpha value is -2.08. The summed E-state index contributed by atoms with van der Waals surface area (Å²) in [7, 11) is 1.58. The number of amides is 1. The number of hydrogen-bond donors (Lipinski definition) is 1. The highest BCUT2D eigenvalue weighted by atomic mass is 16.5. The third kappa shape index (κ3) is 4.74. The molecule has 4 aliphatic rings. The predicted octanol–water partition coefficient (Wildman–Crippen LogP) is 4.11. The first-order chi connectivity index (χ1) is 14.9. The van der Waals surface area contributed by atoms with Crippen molar-refractivity contribution in [1.82, 2.24) is 5.32 Å². The molecule has 0 spiro atoms. The van der Waals surface area contributed by atoms with Crippen LogP contribution in [0.2, 0.25) is 0 Å². The number of nitrogens with one attached hydrogen (secondary N) is 1. The van der Waals surface area contributed by atoms with Crippen molar-refractivity contribution < 1.29 is 23.8 Å². The molecule has 0 unspecified atom stereocenters. The molecule has 0 heterocycles. The molecule has 5 rings (SSSR count). The molecule has 0 saturated heterocycles. The largest absolute Gasteiger partial charge is 0.496 e. The second-order valence-corrected chi connectivity index (χ2v) is 9.81. The zero-order valence-corrected chi connectivity index (χ0v) is 18.9. The van der Waals surface area contributed by atoms with E-state index in [1.807, 2.05) is 6.92 Å². The number of ether oxygens (including phenoxy) is 3. The van der Waals surface area contributed by atoms with Crippen LogP contribution in [0, 0.1) is 23.2 Å². The first-order valence-electron chi connectivity index (χ1n) is 11.6. The van der Waals surface area contributed by atoms with Gasteiger partial charge in [0.05, 0.1) is 19.3 Å². The highest BCUT2D eigenvalue weighted by molar-refractivity contribution is 5.91. The van der Waals surface area contributed by atoms with Gasteiger partial charge in [-0.2, -0.15) is 0 Å². The maximum absolute atomic E-state index is 12.6. The van der Waals surface area contributed by atoms with Crippen molar-refractivity contribution in [3.63, 3.8) is 0 Å². The van der Waals surface area contributed by atoms with Gasteiger partial charge in [-0.25, -0.2) is 4.79 Å². The molecule has 4 saturated carbocycles. The normalized spacial score (nSPS) is 29.5. The van der Waals surface area contributed by atoms with Crippen molar-refractivity contribution in [2.45, 2.75) is 65.0 Å². The molecule has 31 heavy (non-hydrogen) atoms. The summed E-state index contributed by atoms with van der Waals surface area (Å²) >= 11 is 0.